The fourth-order valence-electron chi connectivity index (χ4n) is 6.51. The number of nitrogens with zero attached hydrogens (tertiary/aromatic N) is 2. The molecule has 2 bridgehead atoms. The Balaban J connectivity index is 1.36. The predicted octanol–water partition coefficient (Wildman–Crippen LogP) is 3.49. The molecule has 2 aliphatic heterocycles. The molecule has 6 rings (SSSR count). The number of anilines is 1. The van der Waals surface area contributed by atoms with Crippen molar-refractivity contribution in [3.63, 3.8) is 0 Å². The number of ether oxygens (including phenoxy) is 1. The number of para-hydroxylation sites is 1. The number of amides is 2. The number of fused-ring (bicyclic) bond motifs is 8. The van der Waals surface area contributed by atoms with Crippen LogP contribution in [0.2, 0.25) is 0 Å². The summed E-state index contributed by atoms with van der Waals surface area (Å²) >= 11 is 0. The van der Waals surface area contributed by atoms with E-state index < -0.39 is 0 Å². The Morgan fingerprint density at radius 1 is 0.935 bits per heavy atom. The highest BCUT2D eigenvalue weighted by molar-refractivity contribution is 6.23. The normalized spacial score (nSPS) is 32.7. The summed E-state index contributed by atoms with van der Waals surface area (Å²) in [5.41, 5.74) is 4.53. The highest BCUT2D eigenvalue weighted by atomic mass is 16.6. The number of oxime groups is 1. The van der Waals surface area contributed by atoms with Crippen LogP contribution in [0.5, 0.6) is 5.75 Å². The Labute approximate surface area is 180 Å². The lowest BCUT2D eigenvalue weighted by Crippen LogP contribution is -2.41. The second-order valence-corrected chi connectivity index (χ2v) is 9.17. The van der Waals surface area contributed by atoms with Crippen LogP contribution in [0.15, 0.2) is 47.6 Å². The van der Waals surface area contributed by atoms with E-state index in [0.717, 1.165) is 40.3 Å². The number of carbonyl (C=O) groups is 2. The Morgan fingerprint density at radius 2 is 1.58 bits per heavy atom. The fourth-order valence-corrected chi connectivity index (χ4v) is 6.51. The molecule has 3 fully saturated rings. The SMILES string of the molecule is COc1ccc(C2=NO[C@@H]3[C@H]4C[C@H]([C@@H]23)[C@@H]2C(=O)N(c3c(C)cccc3C)C(=O)[C@@H]42)cc1. The van der Waals surface area contributed by atoms with Gasteiger partial charge in [-0.2, -0.15) is 0 Å². The average molecular weight is 416 g/mol. The summed E-state index contributed by atoms with van der Waals surface area (Å²) in [7, 11) is 1.64. The molecule has 2 aromatic carbocycles. The van der Waals surface area contributed by atoms with Crippen molar-refractivity contribution in [2.75, 3.05) is 12.0 Å². The minimum Gasteiger partial charge on any atom is -0.497 e. The van der Waals surface area contributed by atoms with Crippen LogP contribution in [0, 0.1) is 43.4 Å². The van der Waals surface area contributed by atoms with Crippen LogP contribution in [0.4, 0.5) is 5.69 Å². The van der Waals surface area contributed by atoms with Crippen LogP contribution in [0.3, 0.4) is 0 Å². The molecule has 6 nitrogen and oxygen atoms in total. The molecule has 0 N–H and O–H groups in total. The van der Waals surface area contributed by atoms with Gasteiger partial charge < -0.3 is 9.57 Å². The van der Waals surface area contributed by atoms with Crippen molar-refractivity contribution >= 4 is 23.2 Å². The summed E-state index contributed by atoms with van der Waals surface area (Å²) in [5.74, 6) is 0.229. The van der Waals surface area contributed by atoms with Crippen molar-refractivity contribution in [2.24, 2.45) is 34.7 Å². The maximum Gasteiger partial charge on any atom is 0.238 e. The Hall–Kier alpha value is -3.15. The van der Waals surface area contributed by atoms with Crippen LogP contribution in [0.25, 0.3) is 0 Å². The molecule has 6 atom stereocenters. The third-order valence-electron chi connectivity index (χ3n) is 7.74. The van der Waals surface area contributed by atoms with Crippen LogP contribution < -0.4 is 9.64 Å². The molecule has 2 heterocycles. The monoisotopic (exact) mass is 416 g/mol. The molecular formula is C25H24N2O4. The van der Waals surface area contributed by atoms with Gasteiger partial charge in [-0.05, 0) is 61.6 Å². The van der Waals surface area contributed by atoms with E-state index in [9.17, 15) is 9.59 Å². The van der Waals surface area contributed by atoms with Crippen molar-refractivity contribution in [3.8, 4) is 5.75 Å². The van der Waals surface area contributed by atoms with E-state index in [-0.39, 0.29) is 47.5 Å². The lowest BCUT2D eigenvalue weighted by Gasteiger charge is -2.29. The molecule has 0 unspecified atom stereocenters. The second kappa shape index (κ2) is 6.42. The summed E-state index contributed by atoms with van der Waals surface area (Å²) in [5, 5.41) is 4.41. The molecule has 2 aliphatic carbocycles. The molecule has 2 aromatic rings. The molecule has 4 aliphatic rings. The van der Waals surface area contributed by atoms with E-state index in [1.807, 2.05) is 56.3 Å². The lowest BCUT2D eigenvalue weighted by atomic mass is 9.71. The smallest absolute Gasteiger partial charge is 0.238 e. The first kappa shape index (κ1) is 18.6. The minimum absolute atomic E-state index is 0.0327. The number of benzene rings is 2. The van der Waals surface area contributed by atoms with Crippen LogP contribution in [-0.2, 0) is 14.4 Å². The number of carbonyl (C=O) groups excluding carboxylic acids is 2. The van der Waals surface area contributed by atoms with Crippen molar-refractivity contribution in [2.45, 2.75) is 26.4 Å². The summed E-state index contributed by atoms with van der Waals surface area (Å²) < 4.78 is 5.26. The van der Waals surface area contributed by atoms with Gasteiger partial charge in [0.25, 0.3) is 0 Å². The van der Waals surface area contributed by atoms with Gasteiger partial charge in [-0.1, -0.05) is 23.4 Å². The highest BCUT2D eigenvalue weighted by Crippen LogP contribution is 2.62. The predicted molar refractivity (Wildman–Crippen MR) is 115 cm³/mol. The molecule has 0 spiro atoms. The summed E-state index contributed by atoms with van der Waals surface area (Å²) in [6.07, 6.45) is 0.718. The molecule has 6 heteroatoms. The van der Waals surface area contributed by atoms with E-state index in [4.69, 9.17) is 9.57 Å². The molecule has 2 saturated carbocycles. The summed E-state index contributed by atoms with van der Waals surface area (Å²) in [4.78, 5) is 34.5. The first-order chi connectivity index (χ1) is 15.0. The van der Waals surface area contributed by atoms with Crippen molar-refractivity contribution < 1.29 is 19.2 Å². The van der Waals surface area contributed by atoms with Gasteiger partial charge in [-0.3, -0.25) is 9.59 Å². The summed E-state index contributed by atoms with van der Waals surface area (Å²) in [6, 6.07) is 13.7. The molecule has 1 saturated heterocycles. The summed E-state index contributed by atoms with van der Waals surface area (Å²) in [6.45, 7) is 3.91. The number of methoxy groups -OCH3 is 1. The second-order valence-electron chi connectivity index (χ2n) is 9.17. The van der Waals surface area contributed by atoms with Crippen LogP contribution in [-0.4, -0.2) is 30.7 Å². The number of aryl methyl sites for hydroxylation is 2. The third-order valence-corrected chi connectivity index (χ3v) is 7.74. The molecule has 31 heavy (non-hydrogen) atoms. The quantitative estimate of drug-likeness (QED) is 0.719. The van der Waals surface area contributed by atoms with Crippen molar-refractivity contribution in [1.82, 2.24) is 0 Å². The third kappa shape index (κ3) is 2.36. The van der Waals surface area contributed by atoms with Gasteiger partial charge in [-0.15, -0.1) is 0 Å². The first-order valence-corrected chi connectivity index (χ1v) is 10.8. The number of rotatable bonds is 3. The minimum atomic E-state index is -0.303. The van der Waals surface area contributed by atoms with Crippen molar-refractivity contribution in [3.05, 3.63) is 59.2 Å². The van der Waals surface area contributed by atoms with Crippen LogP contribution in [0.1, 0.15) is 23.1 Å². The number of hydrogen-bond acceptors (Lipinski definition) is 5. The van der Waals surface area contributed by atoms with Gasteiger partial charge in [0.2, 0.25) is 11.8 Å². The van der Waals surface area contributed by atoms with Gasteiger partial charge >= 0.3 is 0 Å². The van der Waals surface area contributed by atoms with E-state index in [1.54, 1.807) is 7.11 Å². The average Bonchev–Trinajstić information content (AvgIpc) is 3.50. The number of hydrogen-bond donors (Lipinski definition) is 0. The zero-order valence-electron chi connectivity index (χ0n) is 17.7. The topological polar surface area (TPSA) is 68.2 Å². The zero-order chi connectivity index (χ0) is 21.4. The standard InChI is InChI=1S/C25H24N2O4/c1-12-5-4-6-13(2)22(12)27-24(28)18-16-11-17(19(18)25(27)29)23-20(16)21(26-31-23)14-7-9-15(30-3)10-8-14/h4-10,16-20,23H,11H2,1-3H3/t16-,17-,18-,19-,20-,23+/m0/s1. The largest absolute Gasteiger partial charge is 0.497 e. The Kier molecular flexibility index (Phi) is 3.86. The number of imide groups is 1. The van der Waals surface area contributed by atoms with Crippen LogP contribution >= 0.6 is 0 Å². The highest BCUT2D eigenvalue weighted by Gasteiger charge is 2.70. The van der Waals surface area contributed by atoms with E-state index in [0.29, 0.717) is 0 Å². The molecule has 158 valence electrons. The van der Waals surface area contributed by atoms with Gasteiger partial charge in [0.05, 0.1) is 30.3 Å². The van der Waals surface area contributed by atoms with E-state index >= 15 is 0 Å². The maximum atomic E-state index is 13.6. The lowest BCUT2D eigenvalue weighted by molar-refractivity contribution is -0.125. The van der Waals surface area contributed by atoms with Crippen molar-refractivity contribution in [1.29, 1.82) is 0 Å². The van der Waals surface area contributed by atoms with Gasteiger partial charge in [0.1, 0.15) is 11.9 Å². The van der Waals surface area contributed by atoms with Gasteiger partial charge in [-0.25, -0.2) is 4.90 Å². The van der Waals surface area contributed by atoms with Gasteiger partial charge in [0, 0.05) is 17.4 Å². The molecule has 2 amide bonds. The molecular weight excluding hydrogens is 392 g/mol. The first-order valence-electron chi connectivity index (χ1n) is 10.8. The fraction of sp³-hybridized carbons (Fsp3) is 0.400. The maximum absolute atomic E-state index is 13.6. The van der Waals surface area contributed by atoms with Gasteiger partial charge in [0.15, 0.2) is 0 Å². The Morgan fingerprint density at radius 3 is 2.23 bits per heavy atom. The van der Waals surface area contributed by atoms with E-state index in [1.165, 1.54) is 4.90 Å². The van der Waals surface area contributed by atoms with E-state index in [2.05, 4.69) is 5.16 Å². The zero-order valence-corrected chi connectivity index (χ0v) is 17.7. The Bertz CT molecular complexity index is 1120. The molecule has 0 radical (unpaired) electrons. The molecule has 0 aromatic heterocycles.